The van der Waals surface area contributed by atoms with Gasteiger partial charge in [0.1, 0.15) is 5.65 Å². The molecule has 6 nitrogen and oxygen atoms in total. The summed E-state index contributed by atoms with van der Waals surface area (Å²) in [6, 6.07) is 2.01. The smallest absolute Gasteiger partial charge is 0.428 e. The van der Waals surface area contributed by atoms with Crippen LogP contribution in [-0.2, 0) is 0 Å². The van der Waals surface area contributed by atoms with Crippen molar-refractivity contribution in [2.75, 3.05) is 0 Å². The largest absolute Gasteiger partial charge is 0.465 e. The molecule has 2 bridgehead atoms. The van der Waals surface area contributed by atoms with E-state index in [9.17, 15) is 10.1 Å². The van der Waals surface area contributed by atoms with Crippen LogP contribution in [0.1, 0.15) is 51.5 Å². The van der Waals surface area contributed by atoms with Gasteiger partial charge in [-0.3, -0.25) is 0 Å². The van der Waals surface area contributed by atoms with Crippen molar-refractivity contribution in [1.29, 1.82) is 0 Å². The molecule has 2 aromatic heterocycles. The van der Waals surface area contributed by atoms with Gasteiger partial charge in [0.2, 0.25) is 0 Å². The number of hydrogen-bond donors (Lipinski definition) is 4. The third-order valence-electron chi connectivity index (χ3n) is 7.02. The van der Waals surface area contributed by atoms with Crippen molar-refractivity contribution in [2.45, 2.75) is 51.6 Å². The summed E-state index contributed by atoms with van der Waals surface area (Å²) < 4.78 is 0. The van der Waals surface area contributed by atoms with Crippen molar-refractivity contribution < 1.29 is 10.1 Å². The summed E-state index contributed by atoms with van der Waals surface area (Å²) >= 11 is 0. The molecule has 0 unspecified atom stereocenters. The van der Waals surface area contributed by atoms with E-state index in [0.29, 0.717) is 11.8 Å². The minimum Gasteiger partial charge on any atom is -0.428 e. The number of rotatable bonds is 2. The third-order valence-corrected chi connectivity index (χ3v) is 7.02. The van der Waals surface area contributed by atoms with Crippen LogP contribution in [0.15, 0.2) is 23.6 Å². The number of H-pyrrole nitrogens is 1. The number of nitrogens with zero attached hydrogens (tertiary/aromatic N) is 2. The molecular formula is C19H25BN4O2. The summed E-state index contributed by atoms with van der Waals surface area (Å²) in [4.78, 5) is 7.62. The molecule has 2 aromatic rings. The molecule has 3 aliphatic rings. The lowest BCUT2D eigenvalue weighted by atomic mass is 9.62. The minimum atomic E-state index is -0.850. The highest BCUT2D eigenvalue weighted by Gasteiger charge is 2.59. The van der Waals surface area contributed by atoms with Gasteiger partial charge in [-0.05, 0) is 50.0 Å². The van der Waals surface area contributed by atoms with Crippen LogP contribution >= 0.6 is 0 Å². The first-order valence-corrected chi connectivity index (χ1v) is 9.66. The van der Waals surface area contributed by atoms with Crippen molar-refractivity contribution in [3.05, 3.63) is 24.0 Å². The molecule has 7 heteroatoms. The molecule has 2 aliphatic carbocycles. The standard InChI is InChI=1S/C19H25BN4O2/c1-3-19(10-18(25)7-11(2)6-12(19)8-18)16-15-13-4-5-21-17(13)22-9-14(15)20(26)24-23-16/h4-5,9,11-12,24-26H,3,6-8,10H2,1-2H3,(H,21,22)/t11-,12+,18+,19-/m1/s1. The number of nitrogens with one attached hydrogen (secondary N) is 2. The molecule has 4 N–H and O–H groups in total. The Balaban J connectivity index is 1.72. The Hall–Kier alpha value is -1.86. The molecule has 4 atom stereocenters. The van der Waals surface area contributed by atoms with E-state index in [1.165, 1.54) is 0 Å². The average molecular weight is 352 g/mol. The Morgan fingerprint density at radius 1 is 1.38 bits per heavy atom. The molecule has 2 saturated carbocycles. The Kier molecular flexibility index (Phi) is 3.35. The van der Waals surface area contributed by atoms with Crippen molar-refractivity contribution in [3.8, 4) is 0 Å². The first-order chi connectivity index (χ1) is 12.5. The first kappa shape index (κ1) is 16.3. The fourth-order valence-electron chi connectivity index (χ4n) is 6.10. The minimum absolute atomic E-state index is 0.174. The molecule has 26 heavy (non-hydrogen) atoms. The molecule has 5 rings (SSSR count). The lowest BCUT2D eigenvalue weighted by Gasteiger charge is -2.39. The van der Waals surface area contributed by atoms with Gasteiger partial charge in [-0.15, -0.1) is 0 Å². The Morgan fingerprint density at radius 3 is 3.04 bits per heavy atom. The fourth-order valence-corrected chi connectivity index (χ4v) is 6.10. The topological polar surface area (TPSA) is 93.5 Å². The number of aliphatic hydroxyl groups is 1. The number of aromatic nitrogens is 2. The van der Waals surface area contributed by atoms with Crippen LogP contribution in [0, 0.1) is 17.3 Å². The highest BCUT2D eigenvalue weighted by Crippen LogP contribution is 2.60. The molecule has 0 aromatic carbocycles. The lowest BCUT2D eigenvalue weighted by molar-refractivity contribution is 0.00141. The normalized spacial score (nSPS) is 36.0. The van der Waals surface area contributed by atoms with Crippen molar-refractivity contribution >= 4 is 29.3 Å². The summed E-state index contributed by atoms with van der Waals surface area (Å²) in [5.41, 5.74) is 2.80. The van der Waals surface area contributed by atoms with E-state index < -0.39 is 12.7 Å². The van der Waals surface area contributed by atoms with E-state index in [1.54, 1.807) is 6.20 Å². The lowest BCUT2D eigenvalue weighted by Crippen LogP contribution is -2.53. The van der Waals surface area contributed by atoms with Gasteiger partial charge < -0.3 is 20.5 Å². The number of fused-ring (bicyclic) bond motifs is 5. The van der Waals surface area contributed by atoms with Gasteiger partial charge in [-0.25, -0.2) is 4.98 Å². The quantitative estimate of drug-likeness (QED) is 0.617. The van der Waals surface area contributed by atoms with Gasteiger partial charge in [0.05, 0.1) is 11.3 Å². The highest BCUT2D eigenvalue weighted by molar-refractivity contribution is 6.66. The molecule has 0 spiro atoms. The van der Waals surface area contributed by atoms with Crippen molar-refractivity contribution in [1.82, 2.24) is 15.3 Å². The molecule has 0 amide bonds. The Labute approximate surface area is 153 Å². The Morgan fingerprint density at radius 2 is 2.23 bits per heavy atom. The number of hydrazone groups is 1. The van der Waals surface area contributed by atoms with Crippen LogP contribution in [0.5, 0.6) is 0 Å². The van der Waals surface area contributed by atoms with E-state index in [4.69, 9.17) is 0 Å². The summed E-state index contributed by atoms with van der Waals surface area (Å²) in [5, 5.41) is 30.2. The van der Waals surface area contributed by atoms with E-state index in [0.717, 1.165) is 59.9 Å². The van der Waals surface area contributed by atoms with Crippen LogP contribution in [-0.4, -0.2) is 38.5 Å². The maximum absolute atomic E-state index is 11.2. The van der Waals surface area contributed by atoms with Crippen molar-refractivity contribution in [3.63, 3.8) is 0 Å². The zero-order valence-electron chi connectivity index (χ0n) is 15.3. The Bertz CT molecular complexity index is 912. The van der Waals surface area contributed by atoms with Crippen LogP contribution in [0.25, 0.3) is 11.0 Å². The molecule has 1 aliphatic heterocycles. The number of hydrogen-bond acceptors (Lipinski definition) is 5. The van der Waals surface area contributed by atoms with Crippen LogP contribution in [0.4, 0.5) is 0 Å². The zero-order valence-corrected chi connectivity index (χ0v) is 15.3. The molecular weight excluding hydrogens is 327 g/mol. The van der Waals surface area contributed by atoms with Gasteiger partial charge in [0, 0.05) is 34.2 Å². The molecule has 0 saturated heterocycles. The van der Waals surface area contributed by atoms with Crippen LogP contribution < -0.4 is 10.8 Å². The first-order valence-electron chi connectivity index (χ1n) is 9.66. The van der Waals surface area contributed by atoms with Gasteiger partial charge in [0.25, 0.3) is 0 Å². The van der Waals surface area contributed by atoms with Gasteiger partial charge in [-0.1, -0.05) is 13.8 Å². The second-order valence-corrected chi connectivity index (χ2v) is 8.68. The highest BCUT2D eigenvalue weighted by atomic mass is 16.3. The summed E-state index contributed by atoms with van der Waals surface area (Å²) in [6.07, 6.45) is 8.13. The molecule has 2 fully saturated rings. The maximum atomic E-state index is 11.2. The van der Waals surface area contributed by atoms with Gasteiger partial charge >= 0.3 is 7.05 Å². The molecule has 0 radical (unpaired) electrons. The second kappa shape index (κ2) is 5.33. The SMILES string of the molecule is CC[C@@]1(C2=NNB(O)c3cnc4[nH]ccc4c32)C[C@]2(O)C[C@H](C)C[C@H]1C2. The van der Waals surface area contributed by atoms with Crippen LogP contribution in [0.2, 0.25) is 0 Å². The van der Waals surface area contributed by atoms with Crippen molar-refractivity contribution in [2.24, 2.45) is 22.4 Å². The predicted molar refractivity (Wildman–Crippen MR) is 102 cm³/mol. The fraction of sp³-hybridized carbons (Fsp3) is 0.579. The van der Waals surface area contributed by atoms with Crippen LogP contribution in [0.3, 0.4) is 0 Å². The van der Waals surface area contributed by atoms with E-state index >= 15 is 0 Å². The zero-order chi connectivity index (χ0) is 18.1. The van der Waals surface area contributed by atoms with E-state index in [2.05, 4.69) is 34.3 Å². The summed E-state index contributed by atoms with van der Waals surface area (Å²) in [7, 11) is -0.850. The predicted octanol–water partition coefficient (Wildman–Crippen LogP) is 1.53. The monoisotopic (exact) mass is 352 g/mol. The third kappa shape index (κ3) is 2.07. The summed E-state index contributed by atoms with van der Waals surface area (Å²) in [5.74, 6) is 0.936. The summed E-state index contributed by atoms with van der Waals surface area (Å²) in [6.45, 7) is 4.45. The number of pyridine rings is 1. The van der Waals surface area contributed by atoms with Gasteiger partial charge in [-0.2, -0.15) is 5.10 Å². The average Bonchev–Trinajstić information content (AvgIpc) is 3.15. The van der Waals surface area contributed by atoms with E-state index in [1.807, 2.05) is 12.3 Å². The second-order valence-electron chi connectivity index (χ2n) is 8.68. The van der Waals surface area contributed by atoms with Gasteiger partial charge in [0.15, 0.2) is 0 Å². The maximum Gasteiger partial charge on any atom is 0.465 e. The number of aromatic amines is 1. The molecule has 136 valence electrons. The molecule has 3 heterocycles. The van der Waals surface area contributed by atoms with E-state index in [-0.39, 0.29) is 5.41 Å².